The Balaban J connectivity index is 1.74. The Labute approximate surface area is 158 Å². The van der Waals surface area contributed by atoms with Gasteiger partial charge in [-0.1, -0.05) is 42.5 Å². The number of fused-ring (bicyclic) bond motifs is 1. The Hall–Kier alpha value is -3.40. The van der Waals surface area contributed by atoms with Gasteiger partial charge in [0.25, 0.3) is 5.91 Å². The first-order chi connectivity index (χ1) is 13.1. The van der Waals surface area contributed by atoms with E-state index >= 15 is 0 Å². The van der Waals surface area contributed by atoms with Gasteiger partial charge in [0, 0.05) is 23.5 Å². The normalized spacial score (nSPS) is 12.1. The average molecular weight is 355 g/mol. The monoisotopic (exact) mass is 355 g/mol. The summed E-state index contributed by atoms with van der Waals surface area (Å²) in [6.07, 6.45) is 3.49. The summed E-state index contributed by atoms with van der Waals surface area (Å²) < 4.78 is 0. The molecule has 4 heteroatoms. The maximum atomic E-state index is 13.2. The van der Waals surface area contributed by atoms with Crippen LogP contribution >= 0.6 is 0 Å². The molecule has 134 valence electrons. The van der Waals surface area contributed by atoms with Gasteiger partial charge in [-0.25, -0.2) is 0 Å². The predicted molar refractivity (Wildman–Crippen MR) is 108 cm³/mol. The van der Waals surface area contributed by atoms with E-state index in [0.29, 0.717) is 5.56 Å². The third kappa shape index (κ3) is 3.22. The fraction of sp³-hybridized carbons (Fsp3) is 0.130. The Morgan fingerprint density at radius 2 is 1.63 bits per heavy atom. The summed E-state index contributed by atoms with van der Waals surface area (Å²) in [6.45, 7) is 4.10. The zero-order valence-corrected chi connectivity index (χ0v) is 15.4. The topological polar surface area (TPSA) is 57.8 Å². The molecule has 0 saturated heterocycles. The molecule has 0 aliphatic heterocycles. The van der Waals surface area contributed by atoms with Gasteiger partial charge < -0.3 is 10.3 Å². The van der Waals surface area contributed by atoms with Crippen LogP contribution in [0.1, 0.15) is 38.8 Å². The molecule has 0 aliphatic rings. The van der Waals surface area contributed by atoms with E-state index < -0.39 is 0 Å². The van der Waals surface area contributed by atoms with Crippen molar-refractivity contribution < 1.29 is 4.79 Å². The van der Waals surface area contributed by atoms with Crippen LogP contribution < -0.4 is 5.32 Å². The Morgan fingerprint density at radius 1 is 0.926 bits per heavy atom. The lowest BCUT2D eigenvalue weighted by atomic mass is 9.99. The maximum absolute atomic E-state index is 13.2. The second-order valence-corrected chi connectivity index (χ2v) is 6.70. The van der Waals surface area contributed by atoms with Gasteiger partial charge in [-0.2, -0.15) is 0 Å². The van der Waals surface area contributed by atoms with Gasteiger partial charge >= 0.3 is 0 Å². The fourth-order valence-electron chi connectivity index (χ4n) is 3.44. The van der Waals surface area contributed by atoms with Crippen LogP contribution in [0.15, 0.2) is 73.1 Å². The molecule has 2 aromatic heterocycles. The molecule has 1 unspecified atom stereocenters. The van der Waals surface area contributed by atoms with Gasteiger partial charge in [0.2, 0.25) is 0 Å². The van der Waals surface area contributed by atoms with Crippen LogP contribution in [-0.4, -0.2) is 15.9 Å². The van der Waals surface area contributed by atoms with Crippen LogP contribution in [0.2, 0.25) is 0 Å². The molecular weight excluding hydrogens is 334 g/mol. The summed E-state index contributed by atoms with van der Waals surface area (Å²) in [5.74, 6) is -0.104. The number of amides is 1. The predicted octanol–water partition coefficient (Wildman–Crippen LogP) is 4.70. The highest BCUT2D eigenvalue weighted by molar-refractivity contribution is 6.07. The number of carbonyl (C=O) groups excluding carboxylic acids is 1. The molecule has 27 heavy (non-hydrogen) atoms. The third-order valence-corrected chi connectivity index (χ3v) is 5.04. The van der Waals surface area contributed by atoms with Crippen molar-refractivity contribution in [1.82, 2.24) is 15.3 Å². The smallest absolute Gasteiger partial charge is 0.254 e. The van der Waals surface area contributed by atoms with E-state index in [-0.39, 0.29) is 11.9 Å². The summed E-state index contributed by atoms with van der Waals surface area (Å²) >= 11 is 0. The van der Waals surface area contributed by atoms with Crippen LogP contribution in [0.25, 0.3) is 10.9 Å². The first-order valence-corrected chi connectivity index (χ1v) is 8.99. The Morgan fingerprint density at radius 3 is 2.37 bits per heavy atom. The largest absolute Gasteiger partial charge is 0.358 e. The highest BCUT2D eigenvalue weighted by Crippen LogP contribution is 2.26. The molecule has 2 N–H and O–H groups in total. The second kappa shape index (κ2) is 7.08. The van der Waals surface area contributed by atoms with E-state index in [4.69, 9.17) is 0 Å². The number of carbonyl (C=O) groups is 1. The molecule has 2 heterocycles. The van der Waals surface area contributed by atoms with E-state index in [2.05, 4.69) is 22.2 Å². The number of hydrogen-bond acceptors (Lipinski definition) is 2. The zero-order valence-electron chi connectivity index (χ0n) is 15.4. The van der Waals surface area contributed by atoms with E-state index in [9.17, 15) is 4.79 Å². The molecule has 1 atom stereocenters. The number of H-pyrrole nitrogens is 1. The van der Waals surface area contributed by atoms with Crippen molar-refractivity contribution in [3.63, 3.8) is 0 Å². The number of para-hydroxylation sites is 1. The molecular formula is C23H21N3O. The summed E-state index contributed by atoms with van der Waals surface area (Å²) in [6, 6.07) is 19.4. The molecule has 2 aromatic carbocycles. The minimum absolute atomic E-state index is 0.104. The minimum Gasteiger partial charge on any atom is -0.358 e. The number of nitrogens with one attached hydrogen (secondary N) is 2. The number of aromatic nitrogens is 2. The summed E-state index contributed by atoms with van der Waals surface area (Å²) in [5.41, 5.74) is 5.82. The molecule has 0 spiro atoms. The van der Waals surface area contributed by atoms with Crippen LogP contribution in [0.3, 0.4) is 0 Å². The minimum atomic E-state index is -0.242. The molecule has 0 fully saturated rings. The lowest BCUT2D eigenvalue weighted by molar-refractivity contribution is 0.0944. The van der Waals surface area contributed by atoms with E-state index in [1.54, 1.807) is 12.4 Å². The first kappa shape index (κ1) is 17.0. The van der Waals surface area contributed by atoms with E-state index in [1.165, 1.54) is 5.56 Å². The van der Waals surface area contributed by atoms with Crippen LogP contribution in [0.4, 0.5) is 0 Å². The molecule has 4 nitrogen and oxygen atoms in total. The molecule has 4 rings (SSSR count). The summed E-state index contributed by atoms with van der Waals surface area (Å²) in [5, 5.41) is 4.28. The zero-order chi connectivity index (χ0) is 18.8. The summed E-state index contributed by atoms with van der Waals surface area (Å²) in [7, 11) is 0. The van der Waals surface area contributed by atoms with E-state index in [1.807, 2.05) is 67.6 Å². The molecule has 0 saturated carbocycles. The SMILES string of the molecule is Cc1[nH]c2c(C(=O)NC(c3ccccc3)c3ccncc3)cccc2c1C. The average Bonchev–Trinajstić information content (AvgIpc) is 3.01. The first-order valence-electron chi connectivity index (χ1n) is 8.99. The van der Waals surface area contributed by atoms with Crippen molar-refractivity contribution in [2.24, 2.45) is 0 Å². The van der Waals surface area contributed by atoms with Gasteiger partial charge in [-0.05, 0) is 48.7 Å². The van der Waals surface area contributed by atoms with Crippen LogP contribution in [-0.2, 0) is 0 Å². The van der Waals surface area contributed by atoms with Crippen LogP contribution in [0, 0.1) is 13.8 Å². The van der Waals surface area contributed by atoms with Gasteiger partial charge in [0.1, 0.15) is 0 Å². The van der Waals surface area contributed by atoms with Crippen molar-refractivity contribution in [1.29, 1.82) is 0 Å². The van der Waals surface area contributed by atoms with Crippen molar-refractivity contribution in [2.75, 3.05) is 0 Å². The molecule has 4 aromatic rings. The van der Waals surface area contributed by atoms with E-state index in [0.717, 1.165) is 27.7 Å². The standard InChI is InChI=1S/C23H21N3O/c1-15-16(2)25-22-19(15)9-6-10-20(22)23(27)26-21(17-7-4-3-5-8-17)18-11-13-24-14-12-18/h3-14,21,25H,1-2H3,(H,26,27). The third-order valence-electron chi connectivity index (χ3n) is 5.04. The summed E-state index contributed by atoms with van der Waals surface area (Å²) in [4.78, 5) is 20.6. The highest BCUT2D eigenvalue weighted by Gasteiger charge is 2.20. The molecule has 0 radical (unpaired) electrons. The number of pyridine rings is 1. The van der Waals surface area contributed by atoms with Crippen molar-refractivity contribution in [3.8, 4) is 0 Å². The van der Waals surface area contributed by atoms with Crippen molar-refractivity contribution >= 4 is 16.8 Å². The van der Waals surface area contributed by atoms with Gasteiger partial charge in [-0.3, -0.25) is 9.78 Å². The number of hydrogen-bond donors (Lipinski definition) is 2. The second-order valence-electron chi connectivity index (χ2n) is 6.70. The quantitative estimate of drug-likeness (QED) is 0.557. The van der Waals surface area contributed by atoms with Gasteiger partial charge in [0.15, 0.2) is 0 Å². The maximum Gasteiger partial charge on any atom is 0.254 e. The van der Waals surface area contributed by atoms with Crippen LogP contribution in [0.5, 0.6) is 0 Å². The number of rotatable bonds is 4. The Bertz CT molecular complexity index is 1050. The fourth-order valence-corrected chi connectivity index (χ4v) is 3.44. The number of nitrogens with zero attached hydrogens (tertiary/aromatic N) is 1. The lowest BCUT2D eigenvalue weighted by Gasteiger charge is -2.20. The van der Waals surface area contributed by atoms with Gasteiger partial charge in [0.05, 0.1) is 17.1 Å². The number of aromatic amines is 1. The van der Waals surface area contributed by atoms with Crippen molar-refractivity contribution in [3.05, 3.63) is 101 Å². The molecule has 0 bridgehead atoms. The number of aryl methyl sites for hydroxylation is 2. The van der Waals surface area contributed by atoms with Gasteiger partial charge in [-0.15, -0.1) is 0 Å². The Kier molecular flexibility index (Phi) is 4.47. The number of benzene rings is 2. The van der Waals surface area contributed by atoms with Crippen molar-refractivity contribution in [2.45, 2.75) is 19.9 Å². The lowest BCUT2D eigenvalue weighted by Crippen LogP contribution is -2.29. The highest BCUT2D eigenvalue weighted by atomic mass is 16.1. The molecule has 1 amide bonds. The molecule has 0 aliphatic carbocycles.